The van der Waals surface area contributed by atoms with Gasteiger partial charge in [0.1, 0.15) is 36.1 Å². The first-order valence-corrected chi connectivity index (χ1v) is 22.2. The molecule has 0 radical (unpaired) electrons. The van der Waals surface area contributed by atoms with E-state index in [-0.39, 0.29) is 73.4 Å². The molecule has 0 fully saturated rings. The number of aromatic nitrogens is 2. The molecular formula is C48H70Br2N2O14. The third-order valence-corrected chi connectivity index (χ3v) is 9.06. The fourth-order valence-corrected chi connectivity index (χ4v) is 5.19. The summed E-state index contributed by atoms with van der Waals surface area (Å²) >= 11 is 6.17. The average molecular weight is 1060 g/mol. The number of hydrogen-bond donors (Lipinski definition) is 0. The monoisotopic (exact) mass is 1060 g/mol. The highest BCUT2D eigenvalue weighted by molar-refractivity contribution is 9.10. The predicted molar refractivity (Wildman–Crippen MR) is 259 cm³/mol. The van der Waals surface area contributed by atoms with E-state index in [9.17, 15) is 33.6 Å². The highest BCUT2D eigenvalue weighted by Crippen LogP contribution is 2.28. The van der Waals surface area contributed by atoms with Gasteiger partial charge in [0.2, 0.25) is 0 Å². The number of carbonyl (C=O) groups excluding carboxylic acids is 7. The minimum atomic E-state index is -0.781. The number of alkyl halides is 2. The summed E-state index contributed by atoms with van der Waals surface area (Å²) in [5.41, 5.74) is 0.700. The van der Waals surface area contributed by atoms with Gasteiger partial charge in [-0.25, -0.2) is 4.79 Å². The van der Waals surface area contributed by atoms with Crippen LogP contribution in [0.1, 0.15) is 82.6 Å². The van der Waals surface area contributed by atoms with Crippen LogP contribution in [0.15, 0.2) is 85.2 Å². The fourth-order valence-electron chi connectivity index (χ4n) is 4.93. The van der Waals surface area contributed by atoms with Crippen LogP contribution in [0.3, 0.4) is 0 Å². The highest BCUT2D eigenvalue weighted by atomic mass is 79.9. The number of nitrogens with zero attached hydrogens (tertiary/aromatic N) is 2. The van der Waals surface area contributed by atoms with E-state index in [1.54, 1.807) is 99.0 Å². The van der Waals surface area contributed by atoms with Gasteiger partial charge in [0.15, 0.2) is 0 Å². The van der Waals surface area contributed by atoms with E-state index in [0.29, 0.717) is 18.4 Å². The maximum absolute atomic E-state index is 12.0. The van der Waals surface area contributed by atoms with Crippen molar-refractivity contribution >= 4 is 73.6 Å². The van der Waals surface area contributed by atoms with Crippen molar-refractivity contribution in [3.63, 3.8) is 0 Å². The lowest BCUT2D eigenvalue weighted by Crippen LogP contribution is -2.30. The van der Waals surface area contributed by atoms with Crippen molar-refractivity contribution < 1.29 is 66.7 Å². The maximum atomic E-state index is 12.0. The van der Waals surface area contributed by atoms with Gasteiger partial charge in [-0.1, -0.05) is 71.8 Å². The van der Waals surface area contributed by atoms with Crippen molar-refractivity contribution in [2.45, 2.75) is 92.2 Å². The largest absolute Gasteiger partial charge is 0.469 e. The standard InChI is InChI=1S/C22H36O8.C10H14Br2O4.C10H8N2.C5H8O2.CH4/c1-15(13-21(3,4)19(25)27-7)17(23)29-11-9-10-12-30-18(24)16(2)14-22(5,6)20(26)28-8;1-7(11)9(13)15-5-3-4-6-16-10(14)8(2)12;1-3-7-11-9(5-1)10-6-2-4-8-12-10;1-4(2)5(6)7-3;/h9-10,15-16H,11-14H2,1-8H3;3-4,7-8H,5-6H2,1-2H3;1-8H;1H2,2-3H3;1H4/b10-9+;4-3+;;;. The molecule has 18 heteroatoms. The van der Waals surface area contributed by atoms with E-state index in [4.69, 9.17) is 28.4 Å². The predicted octanol–water partition coefficient (Wildman–Crippen LogP) is 8.79. The molecule has 0 N–H and O–H groups in total. The Morgan fingerprint density at radius 2 is 0.879 bits per heavy atom. The molecule has 2 aromatic rings. The van der Waals surface area contributed by atoms with Gasteiger partial charge in [0.05, 0.1) is 55.4 Å². The van der Waals surface area contributed by atoms with Gasteiger partial charge in [0, 0.05) is 18.0 Å². The summed E-state index contributed by atoms with van der Waals surface area (Å²) in [6, 6.07) is 11.6. The summed E-state index contributed by atoms with van der Waals surface area (Å²) < 4.78 is 33.7. The molecule has 66 heavy (non-hydrogen) atoms. The zero-order valence-electron chi connectivity index (χ0n) is 39.6. The van der Waals surface area contributed by atoms with Gasteiger partial charge in [-0.15, -0.1) is 0 Å². The summed E-state index contributed by atoms with van der Waals surface area (Å²) in [6.45, 7) is 19.0. The minimum Gasteiger partial charge on any atom is -0.469 e. The molecule has 4 unspecified atom stereocenters. The fraction of sp³-hybridized carbons (Fsp3) is 0.521. The quantitative estimate of drug-likeness (QED) is 0.0399. The van der Waals surface area contributed by atoms with Crippen LogP contribution in [-0.4, -0.2) is 109 Å². The second-order valence-electron chi connectivity index (χ2n) is 15.4. The van der Waals surface area contributed by atoms with Crippen LogP contribution in [0.4, 0.5) is 0 Å². The Morgan fingerprint density at radius 3 is 1.09 bits per heavy atom. The van der Waals surface area contributed by atoms with E-state index in [0.717, 1.165) is 11.4 Å². The van der Waals surface area contributed by atoms with Crippen molar-refractivity contribution in [3.05, 3.63) is 85.2 Å². The maximum Gasteiger partial charge on any atom is 0.332 e. The van der Waals surface area contributed by atoms with Gasteiger partial charge in [-0.05, 0) is 110 Å². The van der Waals surface area contributed by atoms with E-state index in [1.165, 1.54) is 21.3 Å². The van der Waals surface area contributed by atoms with Crippen LogP contribution in [0.2, 0.25) is 0 Å². The zero-order chi connectivity index (χ0) is 50.2. The van der Waals surface area contributed by atoms with E-state index >= 15 is 0 Å². The lowest BCUT2D eigenvalue weighted by molar-refractivity contribution is -0.156. The number of carbonyl (C=O) groups is 7. The molecule has 0 saturated heterocycles. The number of halogens is 2. The number of esters is 7. The molecule has 2 heterocycles. The van der Waals surface area contributed by atoms with Gasteiger partial charge >= 0.3 is 41.8 Å². The second kappa shape index (κ2) is 36.0. The Morgan fingerprint density at radius 1 is 0.576 bits per heavy atom. The molecule has 16 nitrogen and oxygen atoms in total. The highest BCUT2D eigenvalue weighted by Gasteiger charge is 2.34. The van der Waals surface area contributed by atoms with Crippen LogP contribution in [-0.2, 0) is 66.7 Å². The molecule has 0 aliphatic carbocycles. The lowest BCUT2D eigenvalue weighted by atomic mass is 9.83. The second-order valence-corrected chi connectivity index (χ2v) is 18.1. The first-order chi connectivity index (χ1) is 30.4. The molecule has 2 aromatic heterocycles. The molecule has 0 aromatic carbocycles. The van der Waals surface area contributed by atoms with Crippen LogP contribution < -0.4 is 0 Å². The van der Waals surface area contributed by atoms with Crippen molar-refractivity contribution in [1.29, 1.82) is 0 Å². The van der Waals surface area contributed by atoms with Crippen molar-refractivity contribution in [2.24, 2.45) is 22.7 Å². The smallest absolute Gasteiger partial charge is 0.332 e. The van der Waals surface area contributed by atoms with Crippen molar-refractivity contribution in [3.8, 4) is 11.4 Å². The number of rotatable bonds is 20. The Bertz CT molecular complexity index is 1720. The Hall–Kier alpha value is -5.23. The zero-order valence-corrected chi connectivity index (χ0v) is 42.7. The van der Waals surface area contributed by atoms with E-state index in [1.807, 2.05) is 36.4 Å². The van der Waals surface area contributed by atoms with E-state index < -0.39 is 34.6 Å². The van der Waals surface area contributed by atoms with Crippen molar-refractivity contribution in [1.82, 2.24) is 9.97 Å². The van der Waals surface area contributed by atoms with Gasteiger partial charge in [0.25, 0.3) is 0 Å². The summed E-state index contributed by atoms with van der Waals surface area (Å²) in [5.74, 6) is -3.54. The third-order valence-electron chi connectivity index (χ3n) is 8.31. The summed E-state index contributed by atoms with van der Waals surface area (Å²) in [6.07, 6.45) is 10.5. The molecule has 4 atom stereocenters. The normalized spacial score (nSPS) is 12.5. The van der Waals surface area contributed by atoms with E-state index in [2.05, 4.69) is 53.1 Å². The number of ether oxygens (including phenoxy) is 7. The molecular weight excluding hydrogens is 988 g/mol. The van der Waals surface area contributed by atoms with Crippen LogP contribution in [0.25, 0.3) is 11.4 Å². The van der Waals surface area contributed by atoms with Gasteiger partial charge in [-0.2, -0.15) is 0 Å². The molecule has 0 bridgehead atoms. The lowest BCUT2D eigenvalue weighted by Gasteiger charge is -2.24. The Labute approximate surface area is 407 Å². The first-order valence-electron chi connectivity index (χ1n) is 20.4. The summed E-state index contributed by atoms with van der Waals surface area (Å²) in [7, 11) is 3.95. The average Bonchev–Trinajstić information content (AvgIpc) is 3.28. The third kappa shape index (κ3) is 30.1. The summed E-state index contributed by atoms with van der Waals surface area (Å²) in [4.78, 5) is 87.4. The summed E-state index contributed by atoms with van der Waals surface area (Å²) in [5, 5.41) is 0. The molecule has 0 saturated carbocycles. The van der Waals surface area contributed by atoms with Crippen LogP contribution in [0, 0.1) is 22.7 Å². The van der Waals surface area contributed by atoms with Gasteiger partial charge in [-0.3, -0.25) is 38.7 Å². The number of hydrogen-bond acceptors (Lipinski definition) is 16. The number of pyridine rings is 2. The molecule has 370 valence electrons. The molecule has 2 rings (SSSR count). The minimum absolute atomic E-state index is 0. The van der Waals surface area contributed by atoms with Gasteiger partial charge < -0.3 is 33.2 Å². The number of methoxy groups -OCH3 is 3. The van der Waals surface area contributed by atoms with Crippen molar-refractivity contribution in [2.75, 3.05) is 47.8 Å². The van der Waals surface area contributed by atoms with Crippen LogP contribution in [0.5, 0.6) is 0 Å². The Balaban J connectivity index is -0.000000912. The SMILES string of the molecule is C.C=C(C)C(=O)OC.CC(Br)C(=O)OC/C=C/COC(=O)C(C)Br.COC(=O)C(C)(C)CC(C)C(=O)OC/C=C/COC(=O)C(C)CC(C)(C)C(=O)OC.c1ccc(-c2ccccn2)nc1. The molecule has 0 amide bonds. The molecule has 0 aliphatic heterocycles. The van der Waals surface area contributed by atoms with Crippen LogP contribution >= 0.6 is 31.9 Å². The molecule has 0 spiro atoms. The Kier molecular flexibility index (Phi) is 35.4. The topological polar surface area (TPSA) is 210 Å². The molecule has 0 aliphatic rings. The first kappa shape index (κ1) is 65.1.